The van der Waals surface area contributed by atoms with Gasteiger partial charge in [0.05, 0.1) is 5.69 Å². The molecule has 2 aromatic carbocycles. The van der Waals surface area contributed by atoms with Gasteiger partial charge in [-0.2, -0.15) is 39.3 Å². The number of aromatic nitrogens is 4. The number of benzene rings is 2. The Bertz CT molecular complexity index is 2600. The van der Waals surface area contributed by atoms with Crippen LogP contribution in [-0.4, -0.2) is 33.9 Å². The number of furan rings is 2. The Hall–Kier alpha value is -4.72. The molecule has 15 heteroatoms. The zero-order chi connectivity index (χ0) is 37.6. The minimum atomic E-state index is -5.77. The first-order chi connectivity index (χ1) is 24.8. The molecule has 0 saturated carbocycles. The second-order valence-electron chi connectivity index (χ2n) is 11.3. The number of para-hydroxylation sites is 2. The molecule has 6 aromatic heterocycles. The van der Waals surface area contributed by atoms with E-state index < -0.39 is 21.4 Å². The Morgan fingerprint density at radius 2 is 1.31 bits per heavy atom. The molecule has 0 aliphatic heterocycles. The predicted molar refractivity (Wildman–Crippen MR) is 193 cm³/mol. The van der Waals surface area contributed by atoms with Crippen molar-refractivity contribution in [3.8, 4) is 17.0 Å². The number of aryl methyl sites for hydroxylation is 4. The summed E-state index contributed by atoms with van der Waals surface area (Å²) < 4.78 is 75.0. The van der Waals surface area contributed by atoms with Gasteiger partial charge in [-0.05, 0) is 74.9 Å². The van der Waals surface area contributed by atoms with Crippen LogP contribution in [0.25, 0.3) is 55.4 Å². The summed E-state index contributed by atoms with van der Waals surface area (Å²) in [7, 11) is -5.77. The van der Waals surface area contributed by atoms with Gasteiger partial charge in [-0.15, -0.1) is 0 Å². The molecule has 0 spiro atoms. The number of rotatable bonds is 3. The van der Waals surface area contributed by atoms with E-state index in [-0.39, 0.29) is 11.3 Å². The van der Waals surface area contributed by atoms with Crippen LogP contribution >= 0.6 is 13.6 Å². The van der Waals surface area contributed by atoms with Crippen molar-refractivity contribution in [3.05, 3.63) is 126 Å². The molecule has 6 heterocycles. The molecule has 0 amide bonds. The fourth-order valence-electron chi connectivity index (χ4n) is 5.02. The molecule has 0 atom stereocenters. The van der Waals surface area contributed by atoms with E-state index in [1.807, 2.05) is 56.4 Å². The summed E-state index contributed by atoms with van der Waals surface area (Å²) in [6.07, 6.45) is 6.27. The first-order valence-corrected chi connectivity index (χ1v) is 23.7. The normalized spacial score (nSPS) is 11.3. The van der Waals surface area contributed by atoms with E-state index in [2.05, 4.69) is 69.1 Å². The zero-order valence-corrected chi connectivity index (χ0v) is 33.6. The molecular formula is C37H28BrF3N4O5SZn. The summed E-state index contributed by atoms with van der Waals surface area (Å²) >= 11 is 4.25. The van der Waals surface area contributed by atoms with E-state index in [4.69, 9.17) is 8.83 Å². The third kappa shape index (κ3) is 8.66. The number of hydrogen-bond donors (Lipinski definition) is 0. The Morgan fingerprint density at radius 3 is 1.85 bits per heavy atom. The summed E-state index contributed by atoms with van der Waals surface area (Å²) in [6.45, 7) is 7.76. The molecular weight excluding hydrogens is 815 g/mol. The quantitative estimate of drug-likeness (QED) is 0.0741. The average molecular weight is 843 g/mol. The van der Waals surface area contributed by atoms with Crippen LogP contribution in [0.3, 0.4) is 0 Å². The molecule has 0 unspecified atom stereocenters. The van der Waals surface area contributed by atoms with E-state index in [9.17, 15) is 21.6 Å². The summed E-state index contributed by atoms with van der Waals surface area (Å²) in [5.74, 6) is -0.537. The van der Waals surface area contributed by atoms with Crippen LogP contribution < -0.4 is 4.18 Å². The maximum absolute atomic E-state index is 12.4. The van der Waals surface area contributed by atoms with Crippen molar-refractivity contribution < 1.29 is 50.9 Å². The third-order valence-electron chi connectivity index (χ3n) is 7.42. The molecule has 0 aliphatic carbocycles. The van der Waals surface area contributed by atoms with Crippen molar-refractivity contribution in [2.24, 2.45) is 0 Å². The van der Waals surface area contributed by atoms with Gasteiger partial charge in [0.15, 0.2) is 11.3 Å². The van der Waals surface area contributed by atoms with E-state index in [0.717, 1.165) is 39.4 Å². The first-order valence-electron chi connectivity index (χ1n) is 15.4. The van der Waals surface area contributed by atoms with Crippen molar-refractivity contribution in [1.82, 2.24) is 19.9 Å². The van der Waals surface area contributed by atoms with Crippen LogP contribution in [0.15, 0.2) is 106 Å². The number of nitrogens with zero attached hydrogens (tertiary/aromatic N) is 4. The Morgan fingerprint density at radius 1 is 0.731 bits per heavy atom. The standard InChI is InChI=1S/C18H14N2O.C13H8F3NO4S.C6H6N.BrH.Zn/c1-11-8-9-19-16(10-11)15-5-3-4-13-14-7-6-12(2)20-18(14)21-17(13)15;1-7-5-6-9-8-3-2-4-10(11(8)20-12(9)17-7)21-22(18,19)13(14,15)16;1-6-2-4-7-5-3-6;;/h3-10H,1-2H3;2-6H,1H3;2-4H,1H3;1H;/q;;-1;;+2/p-1. The van der Waals surface area contributed by atoms with Crippen LogP contribution in [0, 0.1) is 33.9 Å². The molecule has 8 rings (SSSR count). The first kappa shape index (κ1) is 38.5. The summed E-state index contributed by atoms with van der Waals surface area (Å²) in [4.78, 5) is 16.8. The molecule has 0 radical (unpaired) electrons. The topological polar surface area (TPSA) is 121 Å². The second-order valence-corrected chi connectivity index (χ2v) is 12.8. The van der Waals surface area contributed by atoms with E-state index in [0.29, 0.717) is 22.2 Å². The fourth-order valence-corrected chi connectivity index (χ4v) is 5.48. The van der Waals surface area contributed by atoms with Gasteiger partial charge < -0.3 is 18.0 Å². The molecule has 9 nitrogen and oxygen atoms in total. The van der Waals surface area contributed by atoms with Gasteiger partial charge in [0.2, 0.25) is 11.4 Å². The van der Waals surface area contributed by atoms with E-state index >= 15 is 0 Å². The van der Waals surface area contributed by atoms with Crippen LogP contribution in [0.5, 0.6) is 5.75 Å². The van der Waals surface area contributed by atoms with Crippen LogP contribution in [0.1, 0.15) is 22.5 Å². The van der Waals surface area contributed by atoms with Crippen molar-refractivity contribution in [3.63, 3.8) is 0 Å². The number of pyridine rings is 4. The van der Waals surface area contributed by atoms with Crippen molar-refractivity contribution in [2.45, 2.75) is 33.2 Å². The Kier molecular flexibility index (Phi) is 12.1. The van der Waals surface area contributed by atoms with Gasteiger partial charge in [-0.1, -0.05) is 43.6 Å². The van der Waals surface area contributed by atoms with Crippen molar-refractivity contribution in [2.75, 3.05) is 0 Å². The minimum absolute atomic E-state index is 0.108. The van der Waals surface area contributed by atoms with Crippen LogP contribution in [0.4, 0.5) is 13.2 Å². The van der Waals surface area contributed by atoms with E-state index in [1.165, 1.54) is 33.5 Å². The summed E-state index contributed by atoms with van der Waals surface area (Å²) in [5.41, 5.74) is 2.03. The summed E-state index contributed by atoms with van der Waals surface area (Å²) in [6, 6.07) is 25.5. The zero-order valence-electron chi connectivity index (χ0n) is 28.2. The second kappa shape index (κ2) is 16.3. The van der Waals surface area contributed by atoms with Gasteiger partial charge >= 0.3 is 45.6 Å². The Labute approximate surface area is 313 Å². The van der Waals surface area contributed by atoms with Gasteiger partial charge in [0, 0.05) is 44.7 Å². The van der Waals surface area contributed by atoms with Crippen molar-refractivity contribution >= 4 is 67.9 Å². The maximum atomic E-state index is 12.4. The number of fused-ring (bicyclic) bond motifs is 6. The van der Waals surface area contributed by atoms with Crippen LogP contribution in [-0.2, 0) is 26.5 Å². The number of halogens is 4. The number of alkyl halides is 3. The molecule has 0 bridgehead atoms. The molecule has 0 aliphatic rings. The number of hydrogen-bond acceptors (Lipinski definition) is 9. The fraction of sp³-hybridized carbons (Fsp3) is 0.135. The molecule has 52 heavy (non-hydrogen) atoms. The summed E-state index contributed by atoms with van der Waals surface area (Å²) in [5, 5.41) is 3.09. The SMILES string of the molecule is Cc1c[c-]ncc1.Cc1ccc2c(n1)oc1c(OS(=O)(=O)C(F)(F)F)cccc12.Cc1ccnc(-c2cccc3c2oc2nc(C)ccc23)c1.[Zn+][Br]. The van der Waals surface area contributed by atoms with Gasteiger partial charge in [0.25, 0.3) is 0 Å². The third-order valence-corrected chi connectivity index (χ3v) is 8.39. The average Bonchev–Trinajstić information content (AvgIpc) is 3.67. The van der Waals surface area contributed by atoms with Crippen LogP contribution in [0.2, 0.25) is 0 Å². The van der Waals surface area contributed by atoms with Crippen molar-refractivity contribution in [1.29, 1.82) is 0 Å². The van der Waals surface area contributed by atoms with Gasteiger partial charge in [-0.3, -0.25) is 4.98 Å². The Balaban J connectivity index is 0.000000163. The van der Waals surface area contributed by atoms with E-state index in [1.54, 1.807) is 31.3 Å². The molecule has 0 N–H and O–H groups in total. The monoisotopic (exact) mass is 840 g/mol. The van der Waals surface area contributed by atoms with Gasteiger partial charge in [-0.25, -0.2) is 9.97 Å². The van der Waals surface area contributed by atoms with Gasteiger partial charge in [0.1, 0.15) is 5.58 Å². The molecule has 262 valence electrons. The molecule has 0 saturated heterocycles. The molecule has 8 aromatic rings. The molecule has 0 fully saturated rings. The predicted octanol–water partition coefficient (Wildman–Crippen LogP) is 10.2.